The lowest BCUT2D eigenvalue weighted by Gasteiger charge is -2.13. The molecule has 0 aliphatic heterocycles. The molecule has 0 unspecified atom stereocenters. The number of anilines is 1. The highest BCUT2D eigenvalue weighted by Gasteiger charge is 2.12. The molecule has 0 aliphatic carbocycles. The highest BCUT2D eigenvalue weighted by molar-refractivity contribution is 9.10. The number of rotatable bonds is 6. The number of hydrogen-bond acceptors (Lipinski definition) is 5. The second kappa shape index (κ2) is 10.4. The molecular formula is C29H23BrN4O3. The summed E-state index contributed by atoms with van der Waals surface area (Å²) in [5.41, 5.74) is 2.68. The lowest BCUT2D eigenvalue weighted by molar-refractivity contribution is -0.118. The summed E-state index contributed by atoms with van der Waals surface area (Å²) in [5.74, 6) is 0.655. The van der Waals surface area contributed by atoms with Crippen LogP contribution in [0.4, 0.5) is 5.69 Å². The second-order valence-corrected chi connectivity index (χ2v) is 9.45. The third kappa shape index (κ3) is 5.15. The van der Waals surface area contributed by atoms with E-state index in [9.17, 15) is 9.59 Å². The van der Waals surface area contributed by atoms with Crippen LogP contribution in [0.3, 0.4) is 0 Å². The standard InChI is InChI=1S/C29H23BrN4O3/c1-18-7-3-6-10-25(18)33-28(35)17-37-27-14-11-20-8-4-5-9-22(20)24(27)16-31-34-19(2)32-26-13-12-21(30)15-23(26)29(34)36/h3-16H,17H2,1-2H3,(H,33,35). The van der Waals surface area contributed by atoms with Gasteiger partial charge in [0.05, 0.1) is 17.1 Å². The van der Waals surface area contributed by atoms with E-state index in [-0.39, 0.29) is 18.1 Å². The minimum atomic E-state index is -0.277. The number of para-hydroxylation sites is 1. The van der Waals surface area contributed by atoms with E-state index in [4.69, 9.17) is 4.74 Å². The van der Waals surface area contributed by atoms with Gasteiger partial charge in [0.2, 0.25) is 0 Å². The molecule has 1 heterocycles. The van der Waals surface area contributed by atoms with Crippen LogP contribution in [0.2, 0.25) is 0 Å². The van der Waals surface area contributed by atoms with Gasteiger partial charge in [0, 0.05) is 15.7 Å². The molecule has 0 fully saturated rings. The van der Waals surface area contributed by atoms with Gasteiger partial charge in [-0.3, -0.25) is 9.59 Å². The molecule has 0 saturated carbocycles. The number of aromatic nitrogens is 2. The maximum atomic E-state index is 13.2. The first kappa shape index (κ1) is 24.4. The molecule has 1 amide bonds. The normalized spacial score (nSPS) is 11.3. The third-order valence-corrected chi connectivity index (χ3v) is 6.47. The van der Waals surface area contributed by atoms with Gasteiger partial charge in [-0.15, -0.1) is 0 Å². The van der Waals surface area contributed by atoms with Crippen LogP contribution in [0.25, 0.3) is 21.7 Å². The Morgan fingerprint density at radius 2 is 1.81 bits per heavy atom. The summed E-state index contributed by atoms with van der Waals surface area (Å²) in [6.07, 6.45) is 1.58. The molecular weight excluding hydrogens is 532 g/mol. The third-order valence-electron chi connectivity index (χ3n) is 5.98. The van der Waals surface area contributed by atoms with Crippen molar-refractivity contribution in [1.82, 2.24) is 9.66 Å². The Morgan fingerprint density at radius 3 is 2.65 bits per heavy atom. The number of carbonyl (C=O) groups excluding carboxylic acids is 1. The van der Waals surface area contributed by atoms with Crippen molar-refractivity contribution in [3.8, 4) is 5.75 Å². The molecule has 1 aromatic heterocycles. The van der Waals surface area contributed by atoms with Crippen molar-refractivity contribution in [3.63, 3.8) is 0 Å². The lowest BCUT2D eigenvalue weighted by atomic mass is 10.0. The van der Waals surface area contributed by atoms with Crippen molar-refractivity contribution in [2.24, 2.45) is 5.10 Å². The van der Waals surface area contributed by atoms with Gasteiger partial charge in [-0.05, 0) is 60.5 Å². The first-order chi connectivity index (χ1) is 17.9. The maximum absolute atomic E-state index is 13.2. The largest absolute Gasteiger partial charge is 0.483 e. The Hall–Kier alpha value is -4.30. The van der Waals surface area contributed by atoms with E-state index in [2.05, 4.69) is 31.3 Å². The minimum Gasteiger partial charge on any atom is -0.483 e. The van der Waals surface area contributed by atoms with Gasteiger partial charge in [0.1, 0.15) is 11.6 Å². The molecule has 37 heavy (non-hydrogen) atoms. The molecule has 0 atom stereocenters. The van der Waals surface area contributed by atoms with Crippen LogP contribution in [0.1, 0.15) is 17.0 Å². The number of nitrogens with one attached hydrogen (secondary N) is 1. The monoisotopic (exact) mass is 554 g/mol. The average Bonchev–Trinajstić information content (AvgIpc) is 2.89. The number of ether oxygens (including phenoxy) is 1. The van der Waals surface area contributed by atoms with Gasteiger partial charge < -0.3 is 10.1 Å². The van der Waals surface area contributed by atoms with Crippen LogP contribution in [0.15, 0.2) is 93.2 Å². The SMILES string of the molecule is Cc1ccccc1NC(=O)COc1ccc2ccccc2c1C=Nn1c(C)nc2ccc(Br)cc2c1=O. The number of amides is 1. The Labute approximate surface area is 221 Å². The van der Waals surface area contributed by atoms with Crippen LogP contribution in [-0.2, 0) is 4.79 Å². The molecule has 0 radical (unpaired) electrons. The van der Waals surface area contributed by atoms with Crippen molar-refractivity contribution < 1.29 is 9.53 Å². The number of carbonyl (C=O) groups is 1. The van der Waals surface area contributed by atoms with Crippen LogP contribution in [0, 0.1) is 13.8 Å². The highest BCUT2D eigenvalue weighted by atomic mass is 79.9. The van der Waals surface area contributed by atoms with Crippen molar-refractivity contribution in [2.45, 2.75) is 13.8 Å². The number of fused-ring (bicyclic) bond motifs is 2. The van der Waals surface area contributed by atoms with Crippen molar-refractivity contribution in [2.75, 3.05) is 11.9 Å². The maximum Gasteiger partial charge on any atom is 0.282 e. The summed E-state index contributed by atoms with van der Waals surface area (Å²) in [6, 6.07) is 24.4. The fourth-order valence-electron chi connectivity index (χ4n) is 4.09. The van der Waals surface area contributed by atoms with E-state index in [0.29, 0.717) is 28.0 Å². The average molecular weight is 555 g/mol. The zero-order chi connectivity index (χ0) is 25.9. The zero-order valence-electron chi connectivity index (χ0n) is 20.2. The summed E-state index contributed by atoms with van der Waals surface area (Å²) in [5, 5.41) is 9.68. The molecule has 8 heteroatoms. The minimum absolute atomic E-state index is 0.182. The summed E-state index contributed by atoms with van der Waals surface area (Å²) in [6.45, 7) is 3.48. The summed E-state index contributed by atoms with van der Waals surface area (Å²) in [7, 11) is 0. The predicted molar refractivity (Wildman–Crippen MR) is 151 cm³/mol. The quantitative estimate of drug-likeness (QED) is 0.267. The van der Waals surface area contributed by atoms with E-state index >= 15 is 0 Å². The topological polar surface area (TPSA) is 85.6 Å². The molecule has 184 valence electrons. The molecule has 5 rings (SSSR count). The zero-order valence-corrected chi connectivity index (χ0v) is 21.8. The van der Waals surface area contributed by atoms with Crippen molar-refractivity contribution >= 4 is 55.4 Å². The Morgan fingerprint density at radius 1 is 1.03 bits per heavy atom. The molecule has 1 N–H and O–H groups in total. The van der Waals surface area contributed by atoms with Gasteiger partial charge >= 0.3 is 0 Å². The van der Waals surface area contributed by atoms with Gasteiger partial charge in [0.15, 0.2) is 6.61 Å². The van der Waals surface area contributed by atoms with Crippen molar-refractivity contribution in [3.05, 3.63) is 111 Å². The van der Waals surface area contributed by atoms with Crippen LogP contribution in [-0.4, -0.2) is 28.4 Å². The second-order valence-electron chi connectivity index (χ2n) is 8.53. The molecule has 0 aliphatic rings. The molecule has 0 bridgehead atoms. The van der Waals surface area contributed by atoms with Crippen LogP contribution < -0.4 is 15.6 Å². The van der Waals surface area contributed by atoms with Gasteiger partial charge in [-0.1, -0.05) is 64.5 Å². The van der Waals surface area contributed by atoms with Gasteiger partial charge in [0.25, 0.3) is 11.5 Å². The summed E-state index contributed by atoms with van der Waals surface area (Å²) < 4.78 is 7.99. The Kier molecular flexibility index (Phi) is 6.83. The first-order valence-electron chi connectivity index (χ1n) is 11.6. The molecule has 0 spiro atoms. The Bertz CT molecular complexity index is 1740. The smallest absolute Gasteiger partial charge is 0.282 e. The molecule has 5 aromatic rings. The number of halogens is 1. The molecule has 0 saturated heterocycles. The summed E-state index contributed by atoms with van der Waals surface area (Å²) >= 11 is 3.41. The van der Waals surface area contributed by atoms with Crippen LogP contribution in [0.5, 0.6) is 5.75 Å². The number of nitrogens with zero attached hydrogens (tertiary/aromatic N) is 3. The van der Waals surface area contributed by atoms with Crippen LogP contribution >= 0.6 is 15.9 Å². The van der Waals surface area contributed by atoms with E-state index < -0.39 is 0 Å². The van der Waals surface area contributed by atoms with Gasteiger partial charge in [-0.2, -0.15) is 9.78 Å². The van der Waals surface area contributed by atoms with E-state index in [1.54, 1.807) is 31.3 Å². The lowest BCUT2D eigenvalue weighted by Crippen LogP contribution is -2.21. The fourth-order valence-corrected chi connectivity index (χ4v) is 4.45. The first-order valence-corrected chi connectivity index (χ1v) is 12.4. The van der Waals surface area contributed by atoms with E-state index in [1.807, 2.05) is 67.6 Å². The number of aryl methyl sites for hydroxylation is 2. The highest BCUT2D eigenvalue weighted by Crippen LogP contribution is 2.27. The number of benzene rings is 4. The number of hydrogen-bond donors (Lipinski definition) is 1. The van der Waals surface area contributed by atoms with Crippen molar-refractivity contribution in [1.29, 1.82) is 0 Å². The van der Waals surface area contributed by atoms with E-state index in [0.717, 1.165) is 26.5 Å². The Balaban J connectivity index is 1.49. The van der Waals surface area contributed by atoms with Gasteiger partial charge in [-0.25, -0.2) is 4.98 Å². The fraction of sp³-hybridized carbons (Fsp3) is 0.103. The molecule has 7 nitrogen and oxygen atoms in total. The summed E-state index contributed by atoms with van der Waals surface area (Å²) in [4.78, 5) is 30.3. The molecule has 4 aromatic carbocycles. The predicted octanol–water partition coefficient (Wildman–Crippen LogP) is 5.83. The van der Waals surface area contributed by atoms with E-state index in [1.165, 1.54) is 4.68 Å².